The van der Waals surface area contributed by atoms with Crippen molar-refractivity contribution in [2.75, 3.05) is 20.3 Å². The van der Waals surface area contributed by atoms with Gasteiger partial charge in [-0.05, 0) is 45.0 Å². The van der Waals surface area contributed by atoms with Crippen molar-refractivity contribution in [1.29, 1.82) is 0 Å². The van der Waals surface area contributed by atoms with Crippen molar-refractivity contribution in [3.8, 4) is 11.5 Å². The summed E-state index contributed by atoms with van der Waals surface area (Å²) in [6.07, 6.45) is 1.40. The number of ether oxygens (including phenoxy) is 3. The van der Waals surface area contributed by atoms with E-state index in [0.29, 0.717) is 34.2 Å². The topological polar surface area (TPSA) is 79.1 Å². The Kier molecular flexibility index (Phi) is 7.61. The number of carbonyl (C=O) groups is 1. The third-order valence-corrected chi connectivity index (χ3v) is 6.92. The van der Waals surface area contributed by atoms with Gasteiger partial charge in [-0.15, -0.1) is 0 Å². The normalized spacial score (nSPS) is 15.4. The summed E-state index contributed by atoms with van der Waals surface area (Å²) < 4.78 is 32.8. The molecule has 0 radical (unpaired) electrons. The van der Waals surface area contributed by atoms with Crippen LogP contribution in [0.4, 0.5) is 4.39 Å². The number of benzene rings is 2. The predicted molar refractivity (Wildman–Crippen MR) is 136 cm³/mol. The summed E-state index contributed by atoms with van der Waals surface area (Å²) in [5.41, 5.74) is 0.779. The van der Waals surface area contributed by atoms with Crippen molar-refractivity contribution in [3.05, 3.63) is 89.3 Å². The van der Waals surface area contributed by atoms with E-state index >= 15 is 0 Å². The van der Waals surface area contributed by atoms with E-state index in [1.807, 2.05) is 6.92 Å². The van der Waals surface area contributed by atoms with Gasteiger partial charge in [0.15, 0.2) is 16.3 Å². The van der Waals surface area contributed by atoms with E-state index in [-0.39, 0.29) is 27.3 Å². The van der Waals surface area contributed by atoms with Crippen LogP contribution in [0.5, 0.6) is 11.5 Å². The lowest BCUT2D eigenvalue weighted by molar-refractivity contribution is -0.139. The smallest absolute Gasteiger partial charge is 0.338 e. The molecule has 36 heavy (non-hydrogen) atoms. The number of methoxy groups -OCH3 is 1. The van der Waals surface area contributed by atoms with Crippen molar-refractivity contribution in [1.82, 2.24) is 4.57 Å². The van der Waals surface area contributed by atoms with Gasteiger partial charge in [-0.1, -0.05) is 41.1 Å². The molecule has 2 aromatic carbocycles. The zero-order valence-corrected chi connectivity index (χ0v) is 21.7. The van der Waals surface area contributed by atoms with Crippen molar-refractivity contribution in [2.24, 2.45) is 4.99 Å². The maximum absolute atomic E-state index is 14.5. The molecule has 0 spiro atoms. The van der Waals surface area contributed by atoms with Crippen LogP contribution in [0.2, 0.25) is 5.02 Å². The lowest BCUT2D eigenvalue weighted by Crippen LogP contribution is -2.40. The Morgan fingerprint density at radius 1 is 1.22 bits per heavy atom. The Morgan fingerprint density at radius 2 is 1.97 bits per heavy atom. The molecule has 1 aliphatic rings. The molecule has 0 saturated carbocycles. The van der Waals surface area contributed by atoms with Crippen LogP contribution in [-0.2, 0) is 9.53 Å². The van der Waals surface area contributed by atoms with Crippen molar-refractivity contribution in [2.45, 2.75) is 26.8 Å². The quantitative estimate of drug-likeness (QED) is 0.431. The van der Waals surface area contributed by atoms with Crippen LogP contribution in [0.15, 0.2) is 57.5 Å². The maximum Gasteiger partial charge on any atom is 0.338 e. The molecular weight excluding hydrogens is 507 g/mol. The Morgan fingerprint density at radius 3 is 2.64 bits per heavy atom. The summed E-state index contributed by atoms with van der Waals surface area (Å²) >= 11 is 7.27. The van der Waals surface area contributed by atoms with Crippen LogP contribution in [0.25, 0.3) is 6.08 Å². The molecule has 2 heterocycles. The van der Waals surface area contributed by atoms with E-state index < -0.39 is 23.4 Å². The second kappa shape index (κ2) is 10.7. The van der Waals surface area contributed by atoms with E-state index in [2.05, 4.69) is 4.99 Å². The molecule has 0 aliphatic carbocycles. The number of nitrogens with zero attached hydrogens (tertiary/aromatic N) is 2. The summed E-state index contributed by atoms with van der Waals surface area (Å²) in [5, 5.41) is 0.173. The number of thiazole rings is 1. The number of carbonyl (C=O) groups excluding carboxylic acids is 1. The Bertz CT molecular complexity index is 1520. The van der Waals surface area contributed by atoms with E-state index in [1.54, 1.807) is 38.1 Å². The van der Waals surface area contributed by atoms with Crippen LogP contribution >= 0.6 is 22.9 Å². The number of fused-ring (bicyclic) bond motifs is 1. The van der Waals surface area contributed by atoms with Gasteiger partial charge < -0.3 is 14.2 Å². The zero-order chi connectivity index (χ0) is 26.0. The molecule has 1 aromatic heterocycles. The van der Waals surface area contributed by atoms with Gasteiger partial charge >= 0.3 is 5.97 Å². The van der Waals surface area contributed by atoms with E-state index in [4.69, 9.17) is 25.8 Å². The lowest BCUT2D eigenvalue weighted by atomic mass is 9.94. The second-order valence-corrected chi connectivity index (χ2v) is 9.17. The molecule has 10 heteroatoms. The first-order chi connectivity index (χ1) is 17.3. The summed E-state index contributed by atoms with van der Waals surface area (Å²) in [6, 6.07) is 8.65. The zero-order valence-electron chi connectivity index (χ0n) is 20.1. The molecule has 4 rings (SSSR count). The van der Waals surface area contributed by atoms with Gasteiger partial charge in [0.05, 0.1) is 41.1 Å². The number of rotatable bonds is 7. The van der Waals surface area contributed by atoms with Gasteiger partial charge in [-0.3, -0.25) is 9.36 Å². The predicted octanol–water partition coefficient (Wildman–Crippen LogP) is 4.00. The van der Waals surface area contributed by atoms with Gasteiger partial charge in [-0.2, -0.15) is 0 Å². The number of para-hydroxylation sites is 1. The van der Waals surface area contributed by atoms with Crippen LogP contribution in [-0.4, -0.2) is 30.9 Å². The van der Waals surface area contributed by atoms with Gasteiger partial charge in [-0.25, -0.2) is 14.2 Å². The van der Waals surface area contributed by atoms with Gasteiger partial charge in [0.1, 0.15) is 11.9 Å². The fraction of sp³-hybridized carbons (Fsp3) is 0.269. The second-order valence-electron chi connectivity index (χ2n) is 7.75. The molecule has 0 saturated heterocycles. The minimum atomic E-state index is -0.907. The van der Waals surface area contributed by atoms with Crippen molar-refractivity contribution < 1.29 is 23.4 Å². The highest BCUT2D eigenvalue weighted by Gasteiger charge is 2.36. The maximum atomic E-state index is 14.5. The molecule has 188 valence electrons. The summed E-state index contributed by atoms with van der Waals surface area (Å²) in [6.45, 7) is 5.69. The molecule has 0 bridgehead atoms. The van der Waals surface area contributed by atoms with E-state index in [9.17, 15) is 14.0 Å². The number of esters is 1. The molecule has 1 aliphatic heterocycles. The fourth-order valence-corrected chi connectivity index (χ4v) is 5.32. The minimum Gasteiger partial charge on any atom is -0.493 e. The van der Waals surface area contributed by atoms with Gasteiger partial charge in [0, 0.05) is 11.1 Å². The molecule has 7 nitrogen and oxygen atoms in total. The van der Waals surface area contributed by atoms with Crippen LogP contribution in [0.3, 0.4) is 0 Å². The number of hydrogen-bond donors (Lipinski definition) is 0. The Labute approximate surface area is 215 Å². The van der Waals surface area contributed by atoms with Crippen LogP contribution in [0, 0.1) is 5.82 Å². The average molecular weight is 531 g/mol. The van der Waals surface area contributed by atoms with Gasteiger partial charge in [0.2, 0.25) is 0 Å². The molecule has 0 amide bonds. The monoisotopic (exact) mass is 530 g/mol. The molecule has 3 aromatic rings. The first kappa shape index (κ1) is 25.7. The highest BCUT2D eigenvalue weighted by Crippen LogP contribution is 2.40. The Hall–Kier alpha value is -3.43. The minimum absolute atomic E-state index is 0.0960. The average Bonchev–Trinajstić information content (AvgIpc) is 3.15. The van der Waals surface area contributed by atoms with Gasteiger partial charge in [0.25, 0.3) is 5.56 Å². The summed E-state index contributed by atoms with van der Waals surface area (Å²) in [5.74, 6) is -0.302. The third kappa shape index (κ3) is 4.56. The lowest BCUT2D eigenvalue weighted by Gasteiger charge is -2.26. The molecule has 0 unspecified atom stereocenters. The molecule has 0 fully saturated rings. The van der Waals surface area contributed by atoms with Crippen molar-refractivity contribution >= 4 is 35.0 Å². The van der Waals surface area contributed by atoms with E-state index in [1.165, 1.54) is 29.9 Å². The molecule has 1 atom stereocenters. The summed E-state index contributed by atoms with van der Waals surface area (Å²) in [4.78, 5) is 31.8. The summed E-state index contributed by atoms with van der Waals surface area (Å²) in [7, 11) is 1.51. The highest BCUT2D eigenvalue weighted by atomic mass is 35.5. The molecular formula is C26H24ClFN2O5S. The number of allylic oxidation sites excluding steroid dienone is 1. The SMILES string of the molecule is CCOC(=O)C1=C(C)N=c2s/c(=C/c3c(F)cccc3Cl)c(=O)n2[C@H]1c1cccc(OC)c1OCC. The molecule has 0 N–H and O–H groups in total. The van der Waals surface area contributed by atoms with E-state index in [0.717, 1.165) is 11.3 Å². The number of aromatic nitrogens is 1. The Balaban J connectivity index is 2.05. The van der Waals surface area contributed by atoms with Crippen LogP contribution in [0.1, 0.15) is 37.9 Å². The standard InChI is InChI=1S/C26H24ClFN2O5S/c1-5-34-23-15(9-7-12-19(23)33-4)22-21(25(32)35-6-2)14(3)29-26-30(22)24(31)20(36-26)13-16-17(27)10-8-11-18(16)28/h7-13,22H,5-6H2,1-4H3/b20-13+/t22-/m0/s1. The largest absolute Gasteiger partial charge is 0.493 e. The highest BCUT2D eigenvalue weighted by molar-refractivity contribution is 7.07. The number of hydrogen-bond acceptors (Lipinski definition) is 7. The van der Waals surface area contributed by atoms with Crippen LogP contribution < -0.4 is 24.4 Å². The third-order valence-electron chi connectivity index (χ3n) is 5.60. The van der Waals surface area contributed by atoms with Crippen molar-refractivity contribution in [3.63, 3.8) is 0 Å². The first-order valence-electron chi connectivity index (χ1n) is 11.3. The first-order valence-corrected chi connectivity index (χ1v) is 12.4. The number of halogens is 2. The fourth-order valence-electron chi connectivity index (χ4n) is 4.07.